The van der Waals surface area contributed by atoms with Crippen molar-refractivity contribution in [3.8, 4) is 0 Å². The molecule has 7 nitrogen and oxygen atoms in total. The zero-order chi connectivity index (χ0) is 19.7. The molecule has 0 saturated heterocycles. The zero-order valence-electron chi connectivity index (χ0n) is 14.4. The third kappa shape index (κ3) is 7.79. The molecule has 0 radical (unpaired) electrons. The fourth-order valence-corrected chi connectivity index (χ4v) is 2.83. The SMILES string of the molecule is CN(CC(=O)Nc1ccc(F)c(Cl)c1)C1CCCCC1.O=C(O)C(=O)O. The molecule has 144 valence electrons. The van der Waals surface area contributed by atoms with E-state index >= 15 is 0 Å². The standard InChI is InChI=1S/C15H20ClFN2O.C2H2O4/c1-19(12-5-3-2-4-6-12)10-15(20)18-11-7-8-14(17)13(16)9-11;3-1(4)2(5)6/h7-9,12H,2-6,10H2,1H3,(H,18,20);(H,3,4)(H,5,6). The predicted octanol–water partition coefficient (Wildman–Crippen LogP) is 2.84. The molecule has 0 spiro atoms. The van der Waals surface area contributed by atoms with Crippen LogP contribution in [0.2, 0.25) is 5.02 Å². The van der Waals surface area contributed by atoms with Gasteiger partial charge in [0.1, 0.15) is 5.82 Å². The lowest BCUT2D eigenvalue weighted by molar-refractivity contribution is -0.159. The Labute approximate surface area is 155 Å². The van der Waals surface area contributed by atoms with Crippen LogP contribution in [0.4, 0.5) is 10.1 Å². The number of nitrogens with one attached hydrogen (secondary N) is 1. The number of hydrogen-bond donors (Lipinski definition) is 3. The van der Waals surface area contributed by atoms with Gasteiger partial charge in [-0.1, -0.05) is 30.9 Å². The van der Waals surface area contributed by atoms with Crippen LogP contribution in [0.3, 0.4) is 0 Å². The summed E-state index contributed by atoms with van der Waals surface area (Å²) >= 11 is 5.69. The highest BCUT2D eigenvalue weighted by Gasteiger charge is 2.19. The van der Waals surface area contributed by atoms with Crippen LogP contribution in [0.15, 0.2) is 18.2 Å². The molecule has 1 amide bonds. The molecule has 1 aromatic rings. The Hall–Kier alpha value is -2.19. The van der Waals surface area contributed by atoms with E-state index in [-0.39, 0.29) is 10.9 Å². The maximum Gasteiger partial charge on any atom is 0.414 e. The molecule has 0 unspecified atom stereocenters. The zero-order valence-corrected chi connectivity index (χ0v) is 15.1. The van der Waals surface area contributed by atoms with E-state index in [0.29, 0.717) is 18.3 Å². The third-order valence-corrected chi connectivity index (χ3v) is 4.27. The van der Waals surface area contributed by atoms with Crippen molar-refractivity contribution in [3.05, 3.63) is 29.0 Å². The summed E-state index contributed by atoms with van der Waals surface area (Å²) in [6, 6.07) is 4.68. The monoisotopic (exact) mass is 388 g/mol. The molecule has 0 bridgehead atoms. The van der Waals surface area contributed by atoms with Crippen LogP contribution in [0, 0.1) is 5.82 Å². The Morgan fingerprint density at radius 3 is 2.27 bits per heavy atom. The minimum Gasteiger partial charge on any atom is -0.473 e. The summed E-state index contributed by atoms with van der Waals surface area (Å²) in [5.41, 5.74) is 0.526. The van der Waals surface area contributed by atoms with Crippen LogP contribution in [0.1, 0.15) is 32.1 Å². The van der Waals surface area contributed by atoms with Crippen molar-refractivity contribution < 1.29 is 29.0 Å². The quantitative estimate of drug-likeness (QED) is 0.685. The summed E-state index contributed by atoms with van der Waals surface area (Å²) in [4.78, 5) is 32.3. The van der Waals surface area contributed by atoms with E-state index in [1.54, 1.807) is 0 Å². The number of likely N-dealkylation sites (N-methyl/N-ethyl adjacent to an activating group) is 1. The summed E-state index contributed by atoms with van der Waals surface area (Å²) in [6.07, 6.45) is 6.09. The first-order chi connectivity index (χ1) is 12.2. The summed E-state index contributed by atoms with van der Waals surface area (Å²) in [7, 11) is 1.98. The smallest absolute Gasteiger partial charge is 0.414 e. The molecular weight excluding hydrogens is 367 g/mol. The predicted molar refractivity (Wildman–Crippen MR) is 94.8 cm³/mol. The molecule has 26 heavy (non-hydrogen) atoms. The lowest BCUT2D eigenvalue weighted by atomic mass is 9.94. The van der Waals surface area contributed by atoms with Gasteiger partial charge in [0.05, 0.1) is 11.6 Å². The fraction of sp³-hybridized carbons (Fsp3) is 0.471. The largest absolute Gasteiger partial charge is 0.473 e. The van der Waals surface area contributed by atoms with E-state index in [4.69, 9.17) is 31.4 Å². The minimum atomic E-state index is -1.82. The second-order valence-electron chi connectivity index (χ2n) is 5.99. The first-order valence-corrected chi connectivity index (χ1v) is 8.50. The first kappa shape index (κ1) is 21.9. The molecule has 1 fully saturated rings. The summed E-state index contributed by atoms with van der Waals surface area (Å²) in [6.45, 7) is 0.347. The van der Waals surface area contributed by atoms with Gasteiger partial charge in [-0.15, -0.1) is 0 Å². The lowest BCUT2D eigenvalue weighted by Crippen LogP contribution is -2.39. The summed E-state index contributed by atoms with van der Waals surface area (Å²) < 4.78 is 13.0. The van der Waals surface area contributed by atoms with Gasteiger partial charge in [-0.05, 0) is 38.1 Å². The number of hydrogen-bond acceptors (Lipinski definition) is 4. The molecule has 1 saturated carbocycles. The molecule has 3 N–H and O–H groups in total. The van der Waals surface area contributed by atoms with Crippen LogP contribution < -0.4 is 5.32 Å². The van der Waals surface area contributed by atoms with Gasteiger partial charge in [-0.25, -0.2) is 14.0 Å². The highest BCUT2D eigenvalue weighted by molar-refractivity contribution is 6.31. The number of carbonyl (C=O) groups is 3. The maximum atomic E-state index is 13.0. The van der Waals surface area contributed by atoms with Crippen molar-refractivity contribution in [2.75, 3.05) is 18.9 Å². The summed E-state index contributed by atoms with van der Waals surface area (Å²) in [5.74, 6) is -4.23. The molecule has 2 rings (SSSR count). The van der Waals surface area contributed by atoms with E-state index in [9.17, 15) is 9.18 Å². The Morgan fingerprint density at radius 2 is 1.77 bits per heavy atom. The van der Waals surface area contributed by atoms with Crippen LogP contribution in [-0.2, 0) is 14.4 Å². The van der Waals surface area contributed by atoms with E-state index < -0.39 is 17.8 Å². The van der Waals surface area contributed by atoms with Gasteiger partial charge in [-0.3, -0.25) is 9.69 Å². The van der Waals surface area contributed by atoms with E-state index in [0.717, 1.165) is 12.8 Å². The van der Waals surface area contributed by atoms with Crippen molar-refractivity contribution in [3.63, 3.8) is 0 Å². The fourth-order valence-electron chi connectivity index (χ4n) is 2.65. The number of halogens is 2. The number of benzene rings is 1. The second kappa shape index (κ2) is 10.7. The number of carbonyl (C=O) groups excluding carboxylic acids is 1. The van der Waals surface area contributed by atoms with Gasteiger partial charge < -0.3 is 15.5 Å². The van der Waals surface area contributed by atoms with Gasteiger partial charge in [0, 0.05) is 11.7 Å². The third-order valence-electron chi connectivity index (χ3n) is 3.98. The van der Waals surface area contributed by atoms with Gasteiger partial charge in [0.15, 0.2) is 0 Å². The normalized spacial score (nSPS) is 14.3. The molecule has 1 aliphatic carbocycles. The maximum absolute atomic E-state index is 13.0. The summed E-state index contributed by atoms with van der Waals surface area (Å²) in [5, 5.41) is 17.5. The van der Waals surface area contributed by atoms with E-state index in [1.165, 1.54) is 37.5 Å². The van der Waals surface area contributed by atoms with Crippen LogP contribution in [-0.4, -0.2) is 52.6 Å². The number of rotatable bonds is 4. The number of nitrogens with zero attached hydrogens (tertiary/aromatic N) is 1. The number of anilines is 1. The average Bonchev–Trinajstić information content (AvgIpc) is 2.59. The highest BCUT2D eigenvalue weighted by Crippen LogP contribution is 2.22. The molecule has 1 aromatic carbocycles. The molecule has 0 atom stereocenters. The van der Waals surface area contributed by atoms with Crippen molar-refractivity contribution in [1.29, 1.82) is 0 Å². The molecule has 0 aromatic heterocycles. The van der Waals surface area contributed by atoms with Crippen LogP contribution in [0.5, 0.6) is 0 Å². The van der Waals surface area contributed by atoms with Crippen LogP contribution in [0.25, 0.3) is 0 Å². The minimum absolute atomic E-state index is 0.0171. The number of carboxylic acids is 2. The van der Waals surface area contributed by atoms with Crippen molar-refractivity contribution in [1.82, 2.24) is 4.90 Å². The topological polar surface area (TPSA) is 107 Å². The van der Waals surface area contributed by atoms with Crippen molar-refractivity contribution >= 4 is 35.1 Å². The Bertz CT molecular complexity index is 638. The van der Waals surface area contributed by atoms with Crippen molar-refractivity contribution in [2.45, 2.75) is 38.1 Å². The van der Waals surface area contributed by atoms with Gasteiger partial charge in [0.2, 0.25) is 5.91 Å². The van der Waals surface area contributed by atoms with E-state index in [2.05, 4.69) is 10.2 Å². The molecule has 9 heteroatoms. The average molecular weight is 389 g/mol. The number of amides is 1. The van der Waals surface area contributed by atoms with Crippen LogP contribution >= 0.6 is 11.6 Å². The Balaban J connectivity index is 0.000000487. The van der Waals surface area contributed by atoms with E-state index in [1.807, 2.05) is 7.05 Å². The highest BCUT2D eigenvalue weighted by atomic mass is 35.5. The van der Waals surface area contributed by atoms with Gasteiger partial charge in [-0.2, -0.15) is 0 Å². The first-order valence-electron chi connectivity index (χ1n) is 8.12. The Morgan fingerprint density at radius 1 is 1.19 bits per heavy atom. The van der Waals surface area contributed by atoms with Crippen molar-refractivity contribution in [2.24, 2.45) is 0 Å². The van der Waals surface area contributed by atoms with Gasteiger partial charge >= 0.3 is 11.9 Å². The van der Waals surface area contributed by atoms with Gasteiger partial charge in [0.25, 0.3) is 0 Å². The molecule has 1 aliphatic rings. The molecule has 0 aliphatic heterocycles. The molecular formula is C17H22ClFN2O5. The molecule has 0 heterocycles. The Kier molecular flexibility index (Phi) is 9.01. The second-order valence-corrected chi connectivity index (χ2v) is 6.40. The lowest BCUT2D eigenvalue weighted by Gasteiger charge is -2.30. The number of aliphatic carboxylic acids is 2. The number of carboxylic acid groups (broad SMARTS) is 2.